The average Bonchev–Trinajstić information content (AvgIpc) is 3.76. The first kappa shape index (κ1) is 43.7. The fraction of sp³-hybridized carbons (Fsp3) is 0.567. The fourth-order valence-electron chi connectivity index (χ4n) is 21.1. The predicted octanol–water partition coefficient (Wildman–Crippen LogP) is 7.69. The number of aliphatic imine (C=N–C) groups is 1. The van der Waals surface area contributed by atoms with E-state index in [0.29, 0.717) is 92.9 Å². The minimum Gasteiger partial charge on any atom is -0.478 e. The van der Waals surface area contributed by atoms with Gasteiger partial charge in [0.15, 0.2) is 11.7 Å². The summed E-state index contributed by atoms with van der Waals surface area (Å²) in [5, 5.41) is 55.9. The zero-order valence-corrected chi connectivity index (χ0v) is 40.9. The van der Waals surface area contributed by atoms with Crippen LogP contribution in [0.2, 0.25) is 0 Å². The minimum atomic E-state index is -1.82. The van der Waals surface area contributed by atoms with Crippen molar-refractivity contribution in [3.63, 3.8) is 0 Å². The molecule has 0 heterocycles. The van der Waals surface area contributed by atoms with E-state index in [1.807, 2.05) is 6.08 Å². The van der Waals surface area contributed by atoms with Gasteiger partial charge in [0.1, 0.15) is 22.6 Å². The number of ketones is 2. The molecular weight excluding hydrogens is 875 g/mol. The van der Waals surface area contributed by atoms with Crippen LogP contribution in [0.5, 0.6) is 0 Å². The second-order valence-electron chi connectivity index (χ2n) is 25.0. The van der Waals surface area contributed by atoms with Crippen LogP contribution in [0.4, 0.5) is 0 Å². The Balaban J connectivity index is 1.18. The van der Waals surface area contributed by atoms with Gasteiger partial charge in [0, 0.05) is 81.2 Å². The van der Waals surface area contributed by atoms with Gasteiger partial charge < -0.3 is 31.9 Å². The smallest absolute Gasteiger partial charge is 0.331 e. The quantitative estimate of drug-likeness (QED) is 0.0579. The minimum absolute atomic E-state index is 0.0303. The molecule has 5 saturated carbocycles. The Morgan fingerprint density at radius 3 is 2.47 bits per heavy atom. The normalized spacial score (nSPS) is 48.7. The summed E-state index contributed by atoms with van der Waals surface area (Å²) in [4.78, 5) is 50.5. The van der Waals surface area contributed by atoms with E-state index in [9.17, 15) is 15.0 Å². The summed E-state index contributed by atoms with van der Waals surface area (Å²) in [6, 6.07) is 8.45. The molecule has 13 aliphatic rings. The SMILES string of the molecule is C/C(C(=O)O)=C1/CC[C@]2(N=C(N)N)C=C[C@]34[C@@H]5CCCC[C@@H]6C(=O)C7=C8[C@@]9(CCC#CC[C@]%10(C)C(=O)CC[C@@]7(C)[C@@H]%10[C@@H](C7=Cc%10ccccc%10CC7)[C@]8(O)C=C7CC8=C(C(=CC8)[C@]1(O)[C@H]52)[C@@H]3[C@@]79O)[C@]64C. The Morgan fingerprint density at radius 2 is 1.69 bits per heavy atom. The van der Waals surface area contributed by atoms with E-state index in [1.54, 1.807) is 6.92 Å². The molecule has 14 rings (SSSR count). The molecule has 0 amide bonds. The Labute approximate surface area is 409 Å². The summed E-state index contributed by atoms with van der Waals surface area (Å²) in [5.74, 6) is 2.57. The van der Waals surface area contributed by atoms with E-state index in [-0.39, 0.29) is 29.5 Å². The summed E-state index contributed by atoms with van der Waals surface area (Å²) in [5.41, 5.74) is 9.94. The lowest BCUT2D eigenvalue weighted by atomic mass is 9.30. The van der Waals surface area contributed by atoms with E-state index >= 15 is 19.8 Å². The molecule has 8 N–H and O–H groups in total. The highest BCUT2D eigenvalue weighted by Crippen LogP contribution is 2.91. The molecule has 10 nitrogen and oxygen atoms in total. The van der Waals surface area contributed by atoms with Gasteiger partial charge in [-0.1, -0.05) is 93.3 Å². The Kier molecular flexibility index (Phi) is 8.18. The van der Waals surface area contributed by atoms with Gasteiger partial charge in [-0.2, -0.15) is 0 Å². The van der Waals surface area contributed by atoms with Gasteiger partial charge in [0.05, 0.1) is 5.54 Å². The topological polar surface area (TPSA) is 197 Å². The number of carboxylic acid groups (broad SMARTS) is 1. The number of guanidine groups is 1. The van der Waals surface area contributed by atoms with Crippen molar-refractivity contribution in [3.05, 3.63) is 110 Å². The maximum Gasteiger partial charge on any atom is 0.331 e. The van der Waals surface area contributed by atoms with Gasteiger partial charge in [-0.3, -0.25) is 9.59 Å². The fourth-order valence-corrected chi connectivity index (χ4v) is 21.1. The number of aryl methyl sites for hydroxylation is 1. The van der Waals surface area contributed by atoms with Crippen LogP contribution in [0, 0.1) is 74.4 Å². The number of carbonyl (C=O) groups excluding carboxylic acids is 2. The third-order valence-electron chi connectivity index (χ3n) is 23.1. The van der Waals surface area contributed by atoms with Crippen molar-refractivity contribution in [2.24, 2.45) is 79.0 Å². The van der Waals surface area contributed by atoms with Crippen molar-refractivity contribution in [3.8, 4) is 11.8 Å². The van der Waals surface area contributed by atoms with Gasteiger partial charge in [0.25, 0.3) is 0 Å². The molecule has 1 aromatic rings. The molecular formula is C60H65N3O7. The number of carbonyl (C=O) groups is 3. The zero-order valence-electron chi connectivity index (χ0n) is 40.9. The summed E-state index contributed by atoms with van der Waals surface area (Å²) in [7, 11) is 0. The number of rotatable bonds is 3. The molecule has 10 heteroatoms. The van der Waals surface area contributed by atoms with Crippen molar-refractivity contribution in [2.45, 2.75) is 146 Å². The number of nitrogens with zero attached hydrogens (tertiary/aromatic N) is 1. The molecule has 0 unspecified atom stereocenters. The number of nitrogens with two attached hydrogens (primary N) is 2. The summed E-state index contributed by atoms with van der Waals surface area (Å²) in [6.45, 7) is 8.21. The molecule has 5 fully saturated rings. The van der Waals surface area contributed by atoms with Crippen molar-refractivity contribution < 1.29 is 34.8 Å². The standard InChI is InChI=1S/C60H65N3O7/c1-31(50(66)67)37-20-25-55(63-51(61)62)26-27-56-40-15-9-8-14-39-45(65)44-49-57(68)30-36-29-34-18-19-38(59(37,69)46(40)55)42(34)47(56)60(36,70)58(49,54(39,56)4)23-11-5-10-22-52(2)41(64)21-24-53(44,3)48(52)43(57)35-17-16-32-12-6-7-13-33(32)28-35/h6-7,12-13,19,26-28,30,39-40,43,46-48,68-70H,8-9,11,14-18,20-25,29H2,1-4H3,(H,66,67)(H4,61,62,63)/b37-31+/t39-,40-,43-,46-,47+,48-,52-,53-,54-,55+,56+,57-,58+,59+,60+/m1/s1. The first-order chi connectivity index (χ1) is 33.3. The Bertz CT molecular complexity index is 3110. The third kappa shape index (κ3) is 4.30. The number of fused-ring (bicyclic) bond motifs is 2. The maximum atomic E-state index is 17.1. The van der Waals surface area contributed by atoms with Crippen LogP contribution in [-0.2, 0) is 20.8 Å². The van der Waals surface area contributed by atoms with Gasteiger partial charge in [-0.05, 0) is 128 Å². The number of aliphatic carboxylic acids is 1. The molecule has 13 aliphatic carbocycles. The van der Waals surface area contributed by atoms with Crippen LogP contribution in [-0.4, -0.2) is 66.3 Å². The first-order valence-electron chi connectivity index (χ1n) is 26.4. The number of hydrogen-bond donors (Lipinski definition) is 6. The molecule has 70 heavy (non-hydrogen) atoms. The molecule has 0 radical (unpaired) electrons. The number of benzene rings is 1. The van der Waals surface area contributed by atoms with Crippen LogP contribution in [0.15, 0.2) is 104 Å². The zero-order chi connectivity index (χ0) is 48.7. The van der Waals surface area contributed by atoms with Crippen LogP contribution in [0.3, 0.4) is 0 Å². The molecule has 8 bridgehead atoms. The summed E-state index contributed by atoms with van der Waals surface area (Å²) in [6.07, 6.45) is 18.2. The number of carboxylic acids is 1. The summed E-state index contributed by atoms with van der Waals surface area (Å²) < 4.78 is 0. The van der Waals surface area contributed by atoms with E-state index < -0.39 is 90.9 Å². The highest BCUT2D eigenvalue weighted by Gasteiger charge is 2.92. The average molecular weight is 940 g/mol. The number of aliphatic hydroxyl groups is 3. The monoisotopic (exact) mass is 939 g/mol. The predicted molar refractivity (Wildman–Crippen MR) is 264 cm³/mol. The van der Waals surface area contributed by atoms with E-state index in [0.717, 1.165) is 47.1 Å². The molecule has 15 atom stereocenters. The largest absolute Gasteiger partial charge is 0.478 e. The van der Waals surface area contributed by atoms with Crippen molar-refractivity contribution in [1.82, 2.24) is 0 Å². The van der Waals surface area contributed by atoms with Gasteiger partial charge in [-0.25, -0.2) is 9.79 Å². The van der Waals surface area contributed by atoms with Gasteiger partial charge >= 0.3 is 5.97 Å². The Hall–Kier alpha value is -5.08. The number of Topliss-reactive ketones (excluding diaryl/α,β-unsaturated/α-hetero) is 2. The maximum absolute atomic E-state index is 17.1. The summed E-state index contributed by atoms with van der Waals surface area (Å²) >= 11 is 0. The second kappa shape index (κ2) is 13.1. The van der Waals surface area contributed by atoms with Crippen LogP contribution in [0.25, 0.3) is 6.08 Å². The lowest BCUT2D eigenvalue weighted by Gasteiger charge is -2.73. The lowest BCUT2D eigenvalue weighted by Crippen LogP contribution is -2.74. The van der Waals surface area contributed by atoms with Crippen LogP contribution < -0.4 is 11.5 Å². The van der Waals surface area contributed by atoms with E-state index in [4.69, 9.17) is 16.5 Å². The highest BCUT2D eigenvalue weighted by molar-refractivity contribution is 6.04. The first-order valence-corrected chi connectivity index (χ1v) is 26.4. The van der Waals surface area contributed by atoms with E-state index in [1.165, 1.54) is 5.56 Å². The number of hydrogen-bond acceptors (Lipinski definition) is 7. The highest BCUT2D eigenvalue weighted by atomic mass is 16.4. The molecule has 0 saturated heterocycles. The van der Waals surface area contributed by atoms with Gasteiger partial charge in [-0.15, -0.1) is 11.8 Å². The molecule has 2 spiro atoms. The van der Waals surface area contributed by atoms with Crippen LogP contribution >= 0.6 is 0 Å². The molecule has 1 aromatic carbocycles. The Morgan fingerprint density at radius 1 is 0.900 bits per heavy atom. The third-order valence-corrected chi connectivity index (χ3v) is 23.1. The second-order valence-corrected chi connectivity index (χ2v) is 25.0. The number of allylic oxidation sites excluding steroid dienone is 4. The lowest BCUT2D eigenvalue weighted by molar-refractivity contribution is -0.189. The van der Waals surface area contributed by atoms with Crippen molar-refractivity contribution in [1.29, 1.82) is 0 Å². The molecule has 362 valence electrons. The van der Waals surface area contributed by atoms with Gasteiger partial charge in [0.2, 0.25) is 0 Å². The van der Waals surface area contributed by atoms with E-state index in [2.05, 4.69) is 81.2 Å². The molecule has 0 aromatic heterocycles. The van der Waals surface area contributed by atoms with Crippen molar-refractivity contribution >= 4 is 29.6 Å². The van der Waals surface area contributed by atoms with Crippen LogP contribution in [0.1, 0.15) is 129 Å². The molecule has 0 aliphatic heterocycles. The van der Waals surface area contributed by atoms with Crippen molar-refractivity contribution in [2.75, 3.05) is 0 Å².